The van der Waals surface area contributed by atoms with Crippen LogP contribution in [0.5, 0.6) is 0 Å². The predicted molar refractivity (Wildman–Crippen MR) is 95.7 cm³/mol. The zero-order valence-corrected chi connectivity index (χ0v) is 15.6. The minimum Gasteiger partial charge on any atom is -0.355 e. The summed E-state index contributed by atoms with van der Waals surface area (Å²) in [6.07, 6.45) is -1.28. The van der Waals surface area contributed by atoms with Crippen molar-refractivity contribution in [3.8, 4) is 0 Å². The Bertz CT molecular complexity index is 623. The molecule has 27 heavy (non-hydrogen) atoms. The number of piperidine rings is 1. The van der Waals surface area contributed by atoms with Gasteiger partial charge in [-0.1, -0.05) is 0 Å². The lowest BCUT2D eigenvalue weighted by Crippen LogP contribution is -2.46. The first-order chi connectivity index (χ1) is 12.8. The molecule has 150 valence electrons. The molecular weight excluding hydrogens is 359 g/mol. The van der Waals surface area contributed by atoms with Crippen LogP contribution in [0.3, 0.4) is 0 Å². The van der Waals surface area contributed by atoms with Crippen LogP contribution in [0.4, 0.5) is 19.0 Å². The largest absolute Gasteiger partial charge is 0.390 e. The molecule has 6 nitrogen and oxygen atoms in total. The molecule has 3 heterocycles. The number of anilines is 1. The molecule has 1 aromatic rings. The molecule has 2 aliphatic rings. The molecule has 2 aliphatic heterocycles. The summed E-state index contributed by atoms with van der Waals surface area (Å²) in [5.74, 6) is 0.605. The fourth-order valence-electron chi connectivity index (χ4n) is 3.72. The Morgan fingerprint density at radius 2 is 1.81 bits per heavy atom. The van der Waals surface area contributed by atoms with Crippen molar-refractivity contribution in [3.05, 3.63) is 17.8 Å². The first-order valence-corrected chi connectivity index (χ1v) is 9.48. The lowest BCUT2D eigenvalue weighted by atomic mass is 10.0. The predicted octanol–water partition coefficient (Wildman–Crippen LogP) is 2.57. The lowest BCUT2D eigenvalue weighted by Gasteiger charge is -2.36. The number of hydrogen-bond donors (Lipinski definition) is 0. The SMILES string of the molecule is CN(C(=O)c1ccc(N2CCCC2)nn1)C1CCN(CCC(F)(F)F)CC1. The van der Waals surface area contributed by atoms with Crippen LogP contribution in [-0.4, -0.2) is 77.9 Å². The van der Waals surface area contributed by atoms with E-state index in [0.717, 1.165) is 31.7 Å². The third kappa shape index (κ3) is 5.31. The van der Waals surface area contributed by atoms with Crippen LogP contribution >= 0.6 is 0 Å². The van der Waals surface area contributed by atoms with Crippen LogP contribution in [0.25, 0.3) is 0 Å². The number of nitrogens with zero attached hydrogens (tertiary/aromatic N) is 5. The second kappa shape index (κ2) is 8.41. The van der Waals surface area contributed by atoms with Crippen molar-refractivity contribution in [3.63, 3.8) is 0 Å². The van der Waals surface area contributed by atoms with E-state index < -0.39 is 12.6 Å². The Labute approximate surface area is 157 Å². The molecule has 0 N–H and O–H groups in total. The van der Waals surface area contributed by atoms with Gasteiger partial charge in [-0.25, -0.2) is 0 Å². The minimum absolute atomic E-state index is 0.0136. The number of carbonyl (C=O) groups is 1. The number of alkyl halides is 3. The normalized spacial score (nSPS) is 19.5. The number of likely N-dealkylation sites (tertiary alicyclic amines) is 1. The van der Waals surface area contributed by atoms with Gasteiger partial charge < -0.3 is 14.7 Å². The van der Waals surface area contributed by atoms with Crippen LogP contribution < -0.4 is 4.90 Å². The molecule has 0 unspecified atom stereocenters. The first kappa shape index (κ1) is 19.9. The Balaban J connectivity index is 1.50. The molecule has 0 spiro atoms. The van der Waals surface area contributed by atoms with Gasteiger partial charge in [-0.2, -0.15) is 13.2 Å². The van der Waals surface area contributed by atoms with E-state index in [1.807, 2.05) is 11.0 Å². The summed E-state index contributed by atoms with van der Waals surface area (Å²) in [4.78, 5) is 18.3. The molecule has 0 aliphatic carbocycles. The Hall–Kier alpha value is -1.90. The van der Waals surface area contributed by atoms with E-state index in [2.05, 4.69) is 15.1 Å². The molecule has 0 aromatic carbocycles. The number of aromatic nitrogens is 2. The van der Waals surface area contributed by atoms with Gasteiger partial charge >= 0.3 is 6.18 Å². The van der Waals surface area contributed by atoms with Crippen molar-refractivity contribution >= 4 is 11.7 Å². The molecule has 9 heteroatoms. The summed E-state index contributed by atoms with van der Waals surface area (Å²) < 4.78 is 37.0. The summed E-state index contributed by atoms with van der Waals surface area (Å²) in [7, 11) is 1.73. The maximum atomic E-state index is 12.7. The van der Waals surface area contributed by atoms with Gasteiger partial charge in [-0.3, -0.25) is 4.79 Å². The Morgan fingerprint density at radius 3 is 2.37 bits per heavy atom. The maximum absolute atomic E-state index is 12.7. The third-order valence-electron chi connectivity index (χ3n) is 5.44. The molecule has 1 amide bonds. The van der Waals surface area contributed by atoms with Gasteiger partial charge in [-0.05, 0) is 37.8 Å². The zero-order chi connectivity index (χ0) is 19.4. The highest BCUT2D eigenvalue weighted by Gasteiger charge is 2.31. The van der Waals surface area contributed by atoms with E-state index in [-0.39, 0.29) is 18.5 Å². The molecule has 1 aromatic heterocycles. The maximum Gasteiger partial charge on any atom is 0.390 e. The van der Waals surface area contributed by atoms with Crippen LogP contribution in [0.1, 0.15) is 42.6 Å². The van der Waals surface area contributed by atoms with Gasteiger partial charge in [0.15, 0.2) is 11.5 Å². The lowest BCUT2D eigenvalue weighted by molar-refractivity contribution is -0.138. The number of hydrogen-bond acceptors (Lipinski definition) is 5. The smallest absolute Gasteiger partial charge is 0.355 e. The second-order valence-corrected chi connectivity index (χ2v) is 7.32. The van der Waals surface area contributed by atoms with Crippen molar-refractivity contribution in [2.45, 2.75) is 44.3 Å². The number of carbonyl (C=O) groups excluding carboxylic acids is 1. The Morgan fingerprint density at radius 1 is 1.15 bits per heavy atom. The molecule has 0 atom stereocenters. The number of halogens is 3. The summed E-state index contributed by atoms with van der Waals surface area (Å²) in [5, 5.41) is 8.27. The van der Waals surface area contributed by atoms with Crippen molar-refractivity contribution in [1.82, 2.24) is 20.0 Å². The average Bonchev–Trinajstić information content (AvgIpc) is 3.20. The van der Waals surface area contributed by atoms with Crippen LogP contribution in [-0.2, 0) is 0 Å². The van der Waals surface area contributed by atoms with Gasteiger partial charge in [0.2, 0.25) is 0 Å². The minimum atomic E-state index is -4.12. The number of rotatable bonds is 5. The van der Waals surface area contributed by atoms with Gasteiger partial charge in [0.05, 0.1) is 6.42 Å². The molecular formula is C18H26F3N5O. The van der Waals surface area contributed by atoms with Gasteiger partial charge in [-0.15, -0.1) is 10.2 Å². The molecule has 2 saturated heterocycles. The summed E-state index contributed by atoms with van der Waals surface area (Å²) in [6, 6.07) is 3.55. The van der Waals surface area contributed by atoms with E-state index in [1.165, 1.54) is 0 Å². The third-order valence-corrected chi connectivity index (χ3v) is 5.44. The molecule has 3 rings (SSSR count). The summed E-state index contributed by atoms with van der Waals surface area (Å²) >= 11 is 0. The van der Waals surface area contributed by atoms with Gasteiger partial charge in [0.25, 0.3) is 5.91 Å². The fourth-order valence-corrected chi connectivity index (χ4v) is 3.72. The monoisotopic (exact) mass is 385 g/mol. The van der Waals surface area contributed by atoms with Crippen LogP contribution in [0.15, 0.2) is 12.1 Å². The van der Waals surface area contributed by atoms with Crippen molar-refractivity contribution in [2.24, 2.45) is 0 Å². The molecule has 2 fully saturated rings. The topological polar surface area (TPSA) is 52.6 Å². The van der Waals surface area contributed by atoms with E-state index in [0.29, 0.717) is 31.6 Å². The Kier molecular flexibility index (Phi) is 6.18. The van der Waals surface area contributed by atoms with Crippen molar-refractivity contribution in [1.29, 1.82) is 0 Å². The van der Waals surface area contributed by atoms with Crippen molar-refractivity contribution < 1.29 is 18.0 Å². The van der Waals surface area contributed by atoms with Crippen LogP contribution in [0.2, 0.25) is 0 Å². The average molecular weight is 385 g/mol. The van der Waals surface area contributed by atoms with Crippen LogP contribution in [0, 0.1) is 0 Å². The van der Waals surface area contributed by atoms with Gasteiger partial charge in [0, 0.05) is 45.8 Å². The highest BCUT2D eigenvalue weighted by Crippen LogP contribution is 2.23. The molecule has 0 radical (unpaired) electrons. The van der Waals surface area contributed by atoms with E-state index in [1.54, 1.807) is 18.0 Å². The second-order valence-electron chi connectivity index (χ2n) is 7.32. The highest BCUT2D eigenvalue weighted by molar-refractivity contribution is 5.92. The highest BCUT2D eigenvalue weighted by atomic mass is 19.4. The zero-order valence-electron chi connectivity index (χ0n) is 15.6. The summed E-state index contributed by atoms with van der Waals surface area (Å²) in [5.41, 5.74) is 0.306. The first-order valence-electron chi connectivity index (χ1n) is 9.48. The van der Waals surface area contributed by atoms with Crippen molar-refractivity contribution in [2.75, 3.05) is 44.7 Å². The van der Waals surface area contributed by atoms with E-state index >= 15 is 0 Å². The molecule has 0 bridgehead atoms. The fraction of sp³-hybridized carbons (Fsp3) is 0.722. The molecule has 0 saturated carbocycles. The quantitative estimate of drug-likeness (QED) is 0.780. The number of amides is 1. The summed E-state index contributed by atoms with van der Waals surface area (Å²) in [6.45, 7) is 3.09. The van der Waals surface area contributed by atoms with Gasteiger partial charge in [0.1, 0.15) is 0 Å². The standard InChI is InChI=1S/C18H26F3N5O/c1-24(14-6-11-25(12-7-14)13-8-18(19,20)21)17(27)15-4-5-16(23-22-15)26-9-2-3-10-26/h4-5,14H,2-3,6-13H2,1H3. The van der Waals surface area contributed by atoms with E-state index in [9.17, 15) is 18.0 Å². The van der Waals surface area contributed by atoms with E-state index in [4.69, 9.17) is 0 Å².